The molecule has 0 atom stereocenters. The van der Waals surface area contributed by atoms with Crippen molar-refractivity contribution in [2.24, 2.45) is 0 Å². The summed E-state index contributed by atoms with van der Waals surface area (Å²) in [7, 11) is 0. The fourth-order valence-electron chi connectivity index (χ4n) is 4.67. The number of aromatic amines is 1. The number of rotatable bonds is 3. The van der Waals surface area contributed by atoms with Crippen LogP contribution in [0.15, 0.2) is 53.3 Å². The van der Waals surface area contributed by atoms with Gasteiger partial charge < -0.3 is 9.88 Å². The molecule has 2 aliphatic heterocycles. The van der Waals surface area contributed by atoms with E-state index in [-0.39, 0.29) is 11.5 Å². The minimum Gasteiger partial charge on any atom is -0.338 e. The first kappa shape index (κ1) is 18.1. The van der Waals surface area contributed by atoms with E-state index in [1.54, 1.807) is 0 Å². The van der Waals surface area contributed by atoms with E-state index in [4.69, 9.17) is 0 Å². The van der Waals surface area contributed by atoms with Crippen molar-refractivity contribution in [3.05, 3.63) is 81.3 Å². The van der Waals surface area contributed by atoms with Crippen LogP contribution >= 0.6 is 0 Å². The van der Waals surface area contributed by atoms with Gasteiger partial charge in [-0.25, -0.2) is 0 Å². The van der Waals surface area contributed by atoms with Gasteiger partial charge in [0, 0.05) is 56.6 Å². The lowest BCUT2D eigenvalue weighted by Crippen LogP contribution is -2.39. The highest BCUT2D eigenvalue weighted by molar-refractivity contribution is 5.86. The van der Waals surface area contributed by atoms with Crippen LogP contribution in [0.3, 0.4) is 0 Å². The molecular formula is C24H25N3O2. The van der Waals surface area contributed by atoms with Crippen molar-refractivity contribution in [3.8, 4) is 0 Å². The topological polar surface area (TPSA) is 56.4 Å². The van der Waals surface area contributed by atoms with Crippen LogP contribution in [0.1, 0.15) is 28.8 Å². The van der Waals surface area contributed by atoms with Crippen molar-refractivity contribution < 1.29 is 4.79 Å². The molecule has 0 unspecified atom stereocenters. The smallest absolute Gasteiger partial charge is 0.256 e. The number of benzene rings is 2. The molecule has 0 saturated carbocycles. The Morgan fingerprint density at radius 3 is 2.52 bits per heavy atom. The molecule has 3 heterocycles. The molecule has 0 aliphatic carbocycles. The number of carbonyl (C=O) groups excluding carboxylic acids is 1. The molecule has 0 spiro atoms. The lowest BCUT2D eigenvalue weighted by Gasteiger charge is -2.32. The highest BCUT2D eigenvalue weighted by Crippen LogP contribution is 2.25. The molecule has 0 fully saturated rings. The van der Waals surface area contributed by atoms with Gasteiger partial charge in [0.05, 0.1) is 0 Å². The minimum absolute atomic E-state index is 0.0375. The van der Waals surface area contributed by atoms with Crippen molar-refractivity contribution in [1.29, 1.82) is 0 Å². The first-order chi connectivity index (χ1) is 14.2. The third kappa shape index (κ3) is 3.47. The number of fused-ring (bicyclic) bond motifs is 4. The Hall–Kier alpha value is -2.92. The summed E-state index contributed by atoms with van der Waals surface area (Å²) in [6.07, 6.45) is 2.30. The quantitative estimate of drug-likeness (QED) is 0.752. The molecular weight excluding hydrogens is 362 g/mol. The number of H-pyrrole nitrogens is 1. The lowest BCUT2D eigenvalue weighted by atomic mass is 9.98. The SMILES string of the molecule is O=C(CCN1CCc2ccccc2C1)N1CCc2[nH]c(=O)c3ccccc3c2C1. The van der Waals surface area contributed by atoms with Gasteiger partial charge >= 0.3 is 0 Å². The second kappa shape index (κ2) is 7.48. The van der Waals surface area contributed by atoms with Crippen LogP contribution in [-0.4, -0.2) is 40.3 Å². The van der Waals surface area contributed by atoms with Crippen LogP contribution < -0.4 is 5.56 Å². The Morgan fingerprint density at radius 2 is 1.66 bits per heavy atom. The van der Waals surface area contributed by atoms with Crippen molar-refractivity contribution in [1.82, 2.24) is 14.8 Å². The molecule has 1 amide bonds. The van der Waals surface area contributed by atoms with E-state index in [1.165, 1.54) is 11.1 Å². The summed E-state index contributed by atoms with van der Waals surface area (Å²) < 4.78 is 0. The number of nitrogens with one attached hydrogen (secondary N) is 1. The van der Waals surface area contributed by atoms with E-state index in [1.807, 2.05) is 29.2 Å². The average molecular weight is 387 g/mol. The van der Waals surface area contributed by atoms with Crippen molar-refractivity contribution in [2.45, 2.75) is 32.4 Å². The van der Waals surface area contributed by atoms with Crippen LogP contribution in [0.5, 0.6) is 0 Å². The maximum Gasteiger partial charge on any atom is 0.256 e. The molecule has 0 radical (unpaired) electrons. The summed E-state index contributed by atoms with van der Waals surface area (Å²) in [5, 5.41) is 1.67. The van der Waals surface area contributed by atoms with Gasteiger partial charge in [0.15, 0.2) is 0 Å². The highest BCUT2D eigenvalue weighted by Gasteiger charge is 2.24. The normalized spacial score (nSPS) is 16.5. The third-order valence-electron chi connectivity index (χ3n) is 6.31. The van der Waals surface area contributed by atoms with Crippen LogP contribution in [0.25, 0.3) is 10.8 Å². The summed E-state index contributed by atoms with van der Waals surface area (Å²) in [5.41, 5.74) is 4.85. The fourth-order valence-corrected chi connectivity index (χ4v) is 4.67. The van der Waals surface area contributed by atoms with E-state index in [9.17, 15) is 9.59 Å². The zero-order valence-electron chi connectivity index (χ0n) is 16.5. The van der Waals surface area contributed by atoms with Crippen LogP contribution in [0.2, 0.25) is 0 Å². The van der Waals surface area contributed by atoms with E-state index in [2.05, 4.69) is 34.1 Å². The maximum absolute atomic E-state index is 12.9. The third-order valence-corrected chi connectivity index (χ3v) is 6.31. The second-order valence-corrected chi connectivity index (χ2v) is 8.07. The monoisotopic (exact) mass is 387 g/mol. The van der Waals surface area contributed by atoms with Crippen molar-refractivity contribution in [3.63, 3.8) is 0 Å². The predicted molar refractivity (Wildman–Crippen MR) is 114 cm³/mol. The summed E-state index contributed by atoms with van der Waals surface area (Å²) in [6.45, 7) is 3.98. The van der Waals surface area contributed by atoms with E-state index < -0.39 is 0 Å². The molecule has 0 bridgehead atoms. The predicted octanol–water partition coefficient (Wildman–Crippen LogP) is 2.86. The number of pyridine rings is 1. The van der Waals surface area contributed by atoms with E-state index in [0.29, 0.717) is 31.3 Å². The largest absolute Gasteiger partial charge is 0.338 e. The van der Waals surface area contributed by atoms with Crippen molar-refractivity contribution >= 4 is 16.7 Å². The first-order valence-electron chi connectivity index (χ1n) is 10.4. The molecule has 3 aromatic rings. The number of hydrogen-bond acceptors (Lipinski definition) is 3. The minimum atomic E-state index is -0.0375. The summed E-state index contributed by atoms with van der Waals surface area (Å²) >= 11 is 0. The zero-order chi connectivity index (χ0) is 19.8. The van der Waals surface area contributed by atoms with Crippen LogP contribution in [-0.2, 0) is 30.7 Å². The Balaban J connectivity index is 1.27. The number of nitrogens with zero attached hydrogens (tertiary/aromatic N) is 2. The van der Waals surface area contributed by atoms with E-state index in [0.717, 1.165) is 42.7 Å². The molecule has 2 aliphatic rings. The van der Waals surface area contributed by atoms with Gasteiger partial charge in [-0.15, -0.1) is 0 Å². The number of aromatic nitrogens is 1. The molecule has 148 valence electrons. The average Bonchev–Trinajstić information content (AvgIpc) is 2.77. The highest BCUT2D eigenvalue weighted by atomic mass is 16.2. The first-order valence-corrected chi connectivity index (χ1v) is 10.4. The molecule has 1 aromatic heterocycles. The van der Waals surface area contributed by atoms with Crippen molar-refractivity contribution in [2.75, 3.05) is 19.6 Å². The number of carbonyl (C=O) groups is 1. The molecule has 0 saturated heterocycles. The standard InChI is InChI=1S/C24H25N3O2/c28-23(11-13-26-12-9-17-5-1-2-6-18(17)15-26)27-14-10-22-21(16-27)19-7-3-4-8-20(19)24(29)25-22/h1-8H,9-16H2,(H,25,29). The Labute approximate surface area is 170 Å². The molecule has 5 rings (SSSR count). The molecule has 5 nitrogen and oxygen atoms in total. The van der Waals surface area contributed by atoms with Gasteiger partial charge in [-0.2, -0.15) is 0 Å². The van der Waals surface area contributed by atoms with Gasteiger partial charge in [-0.05, 0) is 34.6 Å². The van der Waals surface area contributed by atoms with Gasteiger partial charge in [0.25, 0.3) is 5.56 Å². The number of hydrogen-bond donors (Lipinski definition) is 1. The van der Waals surface area contributed by atoms with Crippen LogP contribution in [0.4, 0.5) is 0 Å². The van der Waals surface area contributed by atoms with Gasteiger partial charge in [-0.1, -0.05) is 42.5 Å². The van der Waals surface area contributed by atoms with Gasteiger partial charge in [0.2, 0.25) is 5.91 Å². The Kier molecular flexibility index (Phi) is 4.68. The Morgan fingerprint density at radius 1 is 0.897 bits per heavy atom. The summed E-state index contributed by atoms with van der Waals surface area (Å²) in [5.74, 6) is 0.199. The molecule has 2 aromatic carbocycles. The van der Waals surface area contributed by atoms with Gasteiger partial charge in [0.1, 0.15) is 0 Å². The maximum atomic E-state index is 12.9. The Bertz CT molecular complexity index is 1130. The molecule has 5 heteroatoms. The zero-order valence-corrected chi connectivity index (χ0v) is 16.5. The lowest BCUT2D eigenvalue weighted by molar-refractivity contribution is -0.132. The van der Waals surface area contributed by atoms with E-state index >= 15 is 0 Å². The summed E-state index contributed by atoms with van der Waals surface area (Å²) in [4.78, 5) is 32.6. The summed E-state index contributed by atoms with van der Waals surface area (Å²) in [6, 6.07) is 16.3. The van der Waals surface area contributed by atoms with Gasteiger partial charge in [-0.3, -0.25) is 14.5 Å². The molecule has 29 heavy (non-hydrogen) atoms. The van der Waals surface area contributed by atoms with Crippen LogP contribution in [0, 0.1) is 0 Å². The fraction of sp³-hybridized carbons (Fsp3) is 0.333. The number of amides is 1. The second-order valence-electron chi connectivity index (χ2n) is 8.07. The molecule has 1 N–H and O–H groups in total.